The number of rotatable bonds is 8. The van der Waals surface area contributed by atoms with E-state index in [1.807, 2.05) is 48.3 Å². The molecular formula is C43H52N8O6. The minimum atomic E-state index is -3.50. The summed E-state index contributed by atoms with van der Waals surface area (Å²) in [5.74, 6) is 2.87. The first-order valence-electron chi connectivity index (χ1n) is 22.8. The number of ether oxygens (including phenoxy) is 2. The molecule has 3 aliphatic rings. The maximum absolute atomic E-state index is 14.1. The van der Waals surface area contributed by atoms with Gasteiger partial charge in [0, 0.05) is 39.4 Å². The van der Waals surface area contributed by atoms with E-state index in [1.165, 1.54) is 12.0 Å². The van der Waals surface area contributed by atoms with Gasteiger partial charge in [0.15, 0.2) is 0 Å². The van der Waals surface area contributed by atoms with Gasteiger partial charge < -0.3 is 39.9 Å². The molecule has 4 amide bonds. The van der Waals surface area contributed by atoms with Gasteiger partial charge in [0.25, 0.3) is 0 Å². The lowest BCUT2D eigenvalue weighted by molar-refractivity contribution is -0.136. The number of benzene rings is 2. The molecule has 2 aromatic carbocycles. The highest BCUT2D eigenvalue weighted by atomic mass is 16.5. The zero-order valence-corrected chi connectivity index (χ0v) is 32.5. The van der Waals surface area contributed by atoms with Crippen LogP contribution in [0.25, 0.3) is 22.3 Å². The zero-order valence-electron chi connectivity index (χ0n) is 39.5. The highest BCUT2D eigenvalue weighted by Gasteiger charge is 2.39. The number of fused-ring (bicyclic) bond motifs is 4. The number of alkyl carbamates (subject to hydrolysis) is 2. The molecular weight excluding hydrogens is 725 g/mol. The second kappa shape index (κ2) is 16.7. The zero-order chi connectivity index (χ0) is 46.3. The molecule has 2 aliphatic heterocycles. The molecule has 4 aromatic rings. The normalized spacial score (nSPS) is 21.1. The Kier molecular flexibility index (Phi) is 9.17. The van der Waals surface area contributed by atoms with Crippen LogP contribution in [0.3, 0.4) is 0 Å². The van der Waals surface area contributed by atoms with E-state index in [9.17, 15) is 19.2 Å². The molecule has 0 radical (unpaired) electrons. The largest absolute Gasteiger partial charge is 0.453 e. The summed E-state index contributed by atoms with van der Waals surface area (Å²) in [4.78, 5) is 71.8. The van der Waals surface area contributed by atoms with E-state index < -0.39 is 55.8 Å². The van der Waals surface area contributed by atoms with Gasteiger partial charge in [-0.15, -0.1) is 0 Å². The van der Waals surface area contributed by atoms with Crippen molar-refractivity contribution in [3.63, 3.8) is 0 Å². The summed E-state index contributed by atoms with van der Waals surface area (Å²) in [6.45, 7) is -2.55. The molecule has 0 spiro atoms. The molecule has 7 rings (SSSR count). The number of carbonyl (C=O) groups excluding carboxylic acids is 4. The minimum absolute atomic E-state index is 0.106. The predicted molar refractivity (Wildman–Crippen MR) is 214 cm³/mol. The topological polar surface area (TPSA) is 175 Å². The third-order valence-corrected chi connectivity index (χ3v) is 11.0. The quantitative estimate of drug-likeness (QED) is 0.159. The third-order valence-electron chi connectivity index (χ3n) is 11.0. The number of H-pyrrole nitrogens is 2. The van der Waals surface area contributed by atoms with Crippen LogP contribution in [0.5, 0.6) is 0 Å². The summed E-state index contributed by atoms with van der Waals surface area (Å²) < 4.78 is 65.8. The van der Waals surface area contributed by atoms with Gasteiger partial charge in [-0.3, -0.25) is 9.59 Å². The fraction of sp³-hybridized carbons (Fsp3) is 0.488. The lowest BCUT2D eigenvalue weighted by atomic mass is 9.99. The molecule has 300 valence electrons. The Morgan fingerprint density at radius 2 is 1.44 bits per heavy atom. The molecule has 0 bridgehead atoms. The number of nitrogens with zero attached hydrogens (tertiary/aromatic N) is 4. The Balaban J connectivity index is 1.10. The van der Waals surface area contributed by atoms with Gasteiger partial charge in [-0.05, 0) is 92.7 Å². The van der Waals surface area contributed by atoms with Gasteiger partial charge in [0.1, 0.15) is 23.7 Å². The molecule has 0 saturated carbocycles. The summed E-state index contributed by atoms with van der Waals surface area (Å²) in [6.07, 6.45) is 3.01. The molecule has 4 atom stereocenters. The Hall–Kier alpha value is -5.84. The van der Waals surface area contributed by atoms with Crippen molar-refractivity contribution in [2.24, 2.45) is 11.8 Å². The van der Waals surface area contributed by atoms with E-state index in [-0.39, 0.29) is 24.4 Å². The average molecular weight is 784 g/mol. The van der Waals surface area contributed by atoms with Gasteiger partial charge in [0.05, 0.1) is 48.7 Å². The van der Waals surface area contributed by atoms with Gasteiger partial charge in [-0.25, -0.2) is 19.6 Å². The van der Waals surface area contributed by atoms with Crippen molar-refractivity contribution in [3.8, 4) is 23.1 Å². The first-order valence-corrected chi connectivity index (χ1v) is 19.3. The van der Waals surface area contributed by atoms with E-state index in [1.54, 1.807) is 6.07 Å². The molecule has 2 saturated heterocycles. The first kappa shape index (κ1) is 31.3. The molecule has 2 fully saturated rings. The number of hydrogen-bond acceptors (Lipinski definition) is 8. The number of carbonyl (C=O) groups is 4. The summed E-state index contributed by atoms with van der Waals surface area (Å²) in [5, 5.41) is 4.75. The van der Waals surface area contributed by atoms with E-state index in [0.29, 0.717) is 41.8 Å². The van der Waals surface area contributed by atoms with Crippen molar-refractivity contribution >= 4 is 35.0 Å². The number of hydrogen-bond donors (Lipinski definition) is 4. The summed E-state index contributed by atoms with van der Waals surface area (Å²) in [7, 11) is 2.26. The molecule has 14 nitrogen and oxygen atoms in total. The van der Waals surface area contributed by atoms with Crippen LogP contribution in [0.15, 0.2) is 36.4 Å². The SMILES string of the molecule is [2H]C([2H])([2H])C([2H])([C@H](NC(=O)OC)C(=O)N1CCC[C@H]1c1nc2ccc(C#Cc3ccc4c(c3)CCCc3nc([C@@H]5CCCN5C(=O)[C@@H](NC(=O)OC)C(C)C)[nH]c3-4)cc2[nH]1)C([2H])([2H])[2H]. The number of amides is 4. The number of aromatic nitrogens is 4. The number of imidazole rings is 2. The molecule has 4 N–H and O–H groups in total. The molecule has 4 heterocycles. The lowest BCUT2D eigenvalue weighted by Crippen LogP contribution is -2.51. The van der Waals surface area contributed by atoms with Crippen LogP contribution in [-0.4, -0.2) is 93.1 Å². The maximum atomic E-state index is 14.1. The summed E-state index contributed by atoms with van der Waals surface area (Å²) in [6, 6.07) is 7.53. The fourth-order valence-electron chi connectivity index (χ4n) is 8.08. The predicted octanol–water partition coefficient (Wildman–Crippen LogP) is 5.93. The maximum Gasteiger partial charge on any atom is 0.407 e. The minimum Gasteiger partial charge on any atom is -0.453 e. The second-order valence-electron chi connectivity index (χ2n) is 15.0. The number of aromatic amines is 2. The van der Waals surface area contributed by atoms with Gasteiger partial charge in [0.2, 0.25) is 11.8 Å². The van der Waals surface area contributed by atoms with Crippen LogP contribution in [-0.2, 0) is 31.9 Å². The smallest absolute Gasteiger partial charge is 0.407 e. The van der Waals surface area contributed by atoms with Gasteiger partial charge in [-0.2, -0.15) is 0 Å². The van der Waals surface area contributed by atoms with Crippen molar-refractivity contribution in [1.29, 1.82) is 0 Å². The van der Waals surface area contributed by atoms with Crippen molar-refractivity contribution in [2.75, 3.05) is 27.3 Å². The Bertz CT molecular complexity index is 2490. The molecule has 57 heavy (non-hydrogen) atoms. The number of methoxy groups -OCH3 is 2. The number of nitrogens with one attached hydrogen (secondary N) is 4. The van der Waals surface area contributed by atoms with Crippen LogP contribution in [0.4, 0.5) is 9.59 Å². The highest BCUT2D eigenvalue weighted by molar-refractivity contribution is 5.87. The van der Waals surface area contributed by atoms with Crippen LogP contribution >= 0.6 is 0 Å². The van der Waals surface area contributed by atoms with E-state index in [2.05, 4.69) is 37.9 Å². The van der Waals surface area contributed by atoms with E-state index in [0.717, 1.165) is 73.1 Å². The Morgan fingerprint density at radius 3 is 2.09 bits per heavy atom. The van der Waals surface area contributed by atoms with Crippen LogP contribution in [0.2, 0.25) is 0 Å². The Labute approximate surface area is 342 Å². The highest BCUT2D eigenvalue weighted by Crippen LogP contribution is 2.37. The van der Waals surface area contributed by atoms with Gasteiger partial charge >= 0.3 is 12.2 Å². The monoisotopic (exact) mass is 783 g/mol. The van der Waals surface area contributed by atoms with Crippen molar-refractivity contribution in [1.82, 2.24) is 40.4 Å². The standard InChI is InChI=1S/C43H52N8O6/c1-24(2)35(48-42(54)56-5)40(52)50-20-8-12-33(50)38-44-30-19-17-27(23-32(30)46-38)15-14-26-16-18-29-28(22-26)10-7-11-31-37(29)47-39(45-31)34-13-9-21-51(34)41(53)36(25(3)4)49-43(55)57-6/h16-19,22-25,33-36H,7-13,20-21H2,1-6H3,(H,44,46)(H,45,47)(H,48,54)(H,49,55)/t33-,34-,35-,36-/m0/s1/i1D3,2D3,24D. The van der Waals surface area contributed by atoms with Crippen LogP contribution in [0, 0.1) is 23.7 Å². The number of likely N-dealkylation sites (tertiary alicyclic amines) is 2. The molecule has 2 aromatic heterocycles. The van der Waals surface area contributed by atoms with Gasteiger partial charge in [-0.1, -0.05) is 45.5 Å². The molecule has 0 unspecified atom stereocenters. The first-order chi connectivity index (χ1) is 30.2. The van der Waals surface area contributed by atoms with E-state index in [4.69, 9.17) is 24.3 Å². The summed E-state index contributed by atoms with van der Waals surface area (Å²) >= 11 is 0. The van der Waals surface area contributed by atoms with Crippen LogP contribution < -0.4 is 10.6 Å². The third kappa shape index (κ3) is 8.19. The molecule has 1 aliphatic carbocycles. The van der Waals surface area contributed by atoms with Crippen LogP contribution in [0.1, 0.15) is 115 Å². The second-order valence-corrected chi connectivity index (χ2v) is 15.0. The number of aryl methyl sites for hydroxylation is 2. The van der Waals surface area contributed by atoms with Crippen molar-refractivity contribution in [3.05, 3.63) is 70.4 Å². The Morgan fingerprint density at radius 1 is 0.825 bits per heavy atom. The summed E-state index contributed by atoms with van der Waals surface area (Å²) in [5.41, 5.74) is 6.73. The average Bonchev–Trinajstić information content (AvgIpc) is 4.07. The van der Waals surface area contributed by atoms with Crippen molar-refractivity contribution in [2.45, 2.75) is 96.7 Å². The fourth-order valence-corrected chi connectivity index (χ4v) is 8.08. The lowest BCUT2D eigenvalue weighted by Gasteiger charge is -2.30. The molecule has 14 heteroatoms. The van der Waals surface area contributed by atoms with Crippen molar-refractivity contribution < 1.29 is 38.2 Å². The van der Waals surface area contributed by atoms with E-state index >= 15 is 0 Å².